The largest absolute Gasteiger partial charge is 0.486 e. The number of anilines is 1. The van der Waals surface area contributed by atoms with E-state index in [1.807, 2.05) is 6.07 Å². The highest BCUT2D eigenvalue weighted by molar-refractivity contribution is 7.92. The van der Waals surface area contributed by atoms with Crippen LogP contribution >= 0.6 is 0 Å². The predicted molar refractivity (Wildman–Crippen MR) is 108 cm³/mol. The summed E-state index contributed by atoms with van der Waals surface area (Å²) in [5, 5.41) is 2.66. The molecule has 0 aromatic heterocycles. The highest BCUT2D eigenvalue weighted by atomic mass is 32.2. The van der Waals surface area contributed by atoms with E-state index in [1.165, 1.54) is 19.2 Å². The van der Waals surface area contributed by atoms with E-state index in [2.05, 4.69) is 5.32 Å². The number of amides is 1. The first kappa shape index (κ1) is 20.9. The molecule has 0 atom stereocenters. The molecule has 1 N–H and O–H groups in total. The van der Waals surface area contributed by atoms with Crippen LogP contribution in [0.15, 0.2) is 47.4 Å². The fraction of sp³-hybridized carbons (Fsp3) is 0.350. The number of nitrogens with one attached hydrogen (secondary N) is 1. The third kappa shape index (κ3) is 4.80. The average molecular weight is 420 g/mol. The second-order valence-corrected chi connectivity index (χ2v) is 8.31. The number of carbonyl (C=O) groups is 1. The summed E-state index contributed by atoms with van der Waals surface area (Å²) in [5.74, 6) is 0.438. The molecule has 0 aliphatic carbocycles. The van der Waals surface area contributed by atoms with Gasteiger partial charge in [-0.25, -0.2) is 8.42 Å². The molecule has 0 spiro atoms. The Kier molecular flexibility index (Phi) is 6.60. The Morgan fingerprint density at radius 2 is 1.86 bits per heavy atom. The minimum absolute atomic E-state index is 0.0229. The number of aryl methyl sites for hydroxylation is 1. The van der Waals surface area contributed by atoms with Gasteiger partial charge in [0.2, 0.25) is 5.91 Å². The molecule has 8 nitrogen and oxygen atoms in total. The summed E-state index contributed by atoms with van der Waals surface area (Å²) < 4.78 is 43.9. The molecule has 1 amide bonds. The monoisotopic (exact) mass is 420 g/mol. The van der Waals surface area contributed by atoms with Gasteiger partial charge in [-0.1, -0.05) is 18.2 Å². The third-order valence-electron chi connectivity index (χ3n) is 4.40. The van der Waals surface area contributed by atoms with Gasteiger partial charge in [-0.3, -0.25) is 9.10 Å². The van der Waals surface area contributed by atoms with Crippen molar-refractivity contribution in [3.63, 3.8) is 0 Å². The number of ether oxygens (including phenoxy) is 3. The van der Waals surface area contributed by atoms with Crippen molar-refractivity contribution < 1.29 is 27.4 Å². The third-order valence-corrected chi connectivity index (χ3v) is 6.16. The zero-order valence-electron chi connectivity index (χ0n) is 16.4. The van der Waals surface area contributed by atoms with Gasteiger partial charge in [-0.2, -0.15) is 0 Å². The minimum atomic E-state index is -4.03. The number of hydrogen-bond acceptors (Lipinski definition) is 6. The predicted octanol–water partition coefficient (Wildman–Crippen LogP) is 1.72. The molecular weight excluding hydrogens is 396 g/mol. The number of benzene rings is 2. The van der Waals surface area contributed by atoms with Crippen LogP contribution in [0, 0.1) is 6.92 Å². The SMILES string of the molecule is COCCNC(=O)CN(c1ccccc1C)S(=O)(=O)c1ccc2c(c1)OCCO2. The number of para-hydroxylation sites is 1. The number of sulfonamides is 1. The molecule has 0 radical (unpaired) electrons. The van der Waals surface area contributed by atoms with Gasteiger partial charge in [0.25, 0.3) is 10.0 Å². The van der Waals surface area contributed by atoms with Crippen LogP contribution in [0.25, 0.3) is 0 Å². The quantitative estimate of drug-likeness (QED) is 0.654. The number of hydrogen-bond donors (Lipinski definition) is 1. The molecule has 156 valence electrons. The lowest BCUT2D eigenvalue weighted by Gasteiger charge is -2.26. The maximum atomic E-state index is 13.5. The van der Waals surface area contributed by atoms with Crippen LogP contribution in [-0.4, -0.2) is 54.3 Å². The lowest BCUT2D eigenvalue weighted by molar-refractivity contribution is -0.119. The molecule has 2 aromatic carbocycles. The van der Waals surface area contributed by atoms with E-state index in [9.17, 15) is 13.2 Å². The highest BCUT2D eigenvalue weighted by Gasteiger charge is 2.29. The van der Waals surface area contributed by atoms with Crippen molar-refractivity contribution >= 4 is 21.6 Å². The van der Waals surface area contributed by atoms with Crippen LogP contribution in [-0.2, 0) is 19.6 Å². The van der Waals surface area contributed by atoms with E-state index in [0.29, 0.717) is 43.6 Å². The Labute approximate surface area is 170 Å². The Morgan fingerprint density at radius 3 is 2.59 bits per heavy atom. The van der Waals surface area contributed by atoms with E-state index in [-0.39, 0.29) is 11.4 Å². The lowest BCUT2D eigenvalue weighted by Crippen LogP contribution is -2.42. The maximum absolute atomic E-state index is 13.5. The first-order valence-electron chi connectivity index (χ1n) is 9.17. The summed E-state index contributed by atoms with van der Waals surface area (Å²) in [5.41, 5.74) is 1.17. The van der Waals surface area contributed by atoms with E-state index < -0.39 is 15.9 Å². The van der Waals surface area contributed by atoms with E-state index >= 15 is 0 Å². The van der Waals surface area contributed by atoms with Crippen molar-refractivity contribution in [1.29, 1.82) is 0 Å². The molecule has 0 saturated heterocycles. The van der Waals surface area contributed by atoms with Gasteiger partial charge in [-0.15, -0.1) is 0 Å². The van der Waals surface area contributed by atoms with Crippen LogP contribution < -0.4 is 19.1 Å². The Balaban J connectivity index is 1.96. The van der Waals surface area contributed by atoms with Gasteiger partial charge in [-0.05, 0) is 30.7 Å². The molecule has 0 bridgehead atoms. The van der Waals surface area contributed by atoms with E-state index in [1.54, 1.807) is 31.2 Å². The number of carbonyl (C=O) groups excluding carboxylic acids is 1. The second kappa shape index (κ2) is 9.15. The van der Waals surface area contributed by atoms with E-state index in [0.717, 1.165) is 9.87 Å². The van der Waals surface area contributed by atoms with Crippen LogP contribution in [0.3, 0.4) is 0 Å². The Bertz CT molecular complexity index is 977. The first-order valence-corrected chi connectivity index (χ1v) is 10.6. The maximum Gasteiger partial charge on any atom is 0.264 e. The van der Waals surface area contributed by atoms with Crippen molar-refractivity contribution in [3.05, 3.63) is 48.0 Å². The van der Waals surface area contributed by atoms with Gasteiger partial charge in [0, 0.05) is 19.7 Å². The van der Waals surface area contributed by atoms with Gasteiger partial charge in [0.1, 0.15) is 19.8 Å². The van der Waals surface area contributed by atoms with Gasteiger partial charge < -0.3 is 19.5 Å². The second-order valence-electron chi connectivity index (χ2n) is 6.45. The standard InChI is InChI=1S/C20H24N2O6S/c1-15-5-3-4-6-17(15)22(14-20(23)21-9-10-26-2)29(24,25)16-7-8-18-19(13-16)28-12-11-27-18/h3-8,13H,9-12,14H2,1-2H3,(H,21,23). The van der Waals surface area contributed by atoms with Crippen molar-refractivity contribution in [2.75, 3.05) is 44.3 Å². The zero-order chi connectivity index (χ0) is 20.9. The topological polar surface area (TPSA) is 94.2 Å². The molecular formula is C20H24N2O6S. The summed E-state index contributed by atoms with van der Waals surface area (Å²) in [4.78, 5) is 12.4. The molecule has 0 saturated carbocycles. The summed E-state index contributed by atoms with van der Waals surface area (Å²) in [6.45, 7) is 2.83. The van der Waals surface area contributed by atoms with Crippen LogP contribution in [0.4, 0.5) is 5.69 Å². The van der Waals surface area contributed by atoms with Crippen LogP contribution in [0.2, 0.25) is 0 Å². The summed E-state index contributed by atoms with van der Waals surface area (Å²) in [6.07, 6.45) is 0. The van der Waals surface area contributed by atoms with Crippen molar-refractivity contribution in [3.8, 4) is 11.5 Å². The summed E-state index contributed by atoms with van der Waals surface area (Å²) in [7, 11) is -2.50. The van der Waals surface area contributed by atoms with Crippen LogP contribution in [0.5, 0.6) is 11.5 Å². The average Bonchev–Trinajstić information content (AvgIpc) is 2.72. The molecule has 0 unspecified atom stereocenters. The normalized spacial score (nSPS) is 13.0. The van der Waals surface area contributed by atoms with Crippen LogP contribution in [0.1, 0.15) is 5.56 Å². The smallest absolute Gasteiger partial charge is 0.264 e. The van der Waals surface area contributed by atoms with E-state index in [4.69, 9.17) is 14.2 Å². The molecule has 1 aliphatic heterocycles. The molecule has 3 rings (SSSR count). The first-order chi connectivity index (χ1) is 13.9. The Hall–Kier alpha value is -2.78. The molecule has 1 aliphatic rings. The van der Waals surface area contributed by atoms with Crippen molar-refractivity contribution in [1.82, 2.24) is 5.32 Å². The summed E-state index contributed by atoms with van der Waals surface area (Å²) >= 11 is 0. The number of nitrogens with zero attached hydrogens (tertiary/aromatic N) is 1. The fourth-order valence-corrected chi connectivity index (χ4v) is 4.43. The van der Waals surface area contributed by atoms with Gasteiger partial charge in [0.15, 0.2) is 11.5 Å². The van der Waals surface area contributed by atoms with Crippen molar-refractivity contribution in [2.45, 2.75) is 11.8 Å². The lowest BCUT2D eigenvalue weighted by atomic mass is 10.2. The fourth-order valence-electron chi connectivity index (χ4n) is 2.93. The minimum Gasteiger partial charge on any atom is -0.486 e. The number of methoxy groups -OCH3 is 1. The van der Waals surface area contributed by atoms with Gasteiger partial charge in [0.05, 0.1) is 17.2 Å². The zero-order valence-corrected chi connectivity index (χ0v) is 17.2. The molecule has 2 aromatic rings. The van der Waals surface area contributed by atoms with Crippen molar-refractivity contribution in [2.24, 2.45) is 0 Å². The molecule has 29 heavy (non-hydrogen) atoms. The molecule has 1 heterocycles. The summed E-state index contributed by atoms with van der Waals surface area (Å²) in [6, 6.07) is 11.5. The van der Waals surface area contributed by atoms with Gasteiger partial charge >= 0.3 is 0 Å². The Morgan fingerprint density at radius 1 is 1.14 bits per heavy atom. The number of fused-ring (bicyclic) bond motifs is 1. The highest BCUT2D eigenvalue weighted by Crippen LogP contribution is 2.34. The molecule has 9 heteroatoms. The number of rotatable bonds is 8. The molecule has 0 fully saturated rings.